The van der Waals surface area contributed by atoms with Crippen LogP contribution in [0.4, 0.5) is 0 Å². The molecule has 0 atom stereocenters. The van der Waals surface area contributed by atoms with Crippen molar-refractivity contribution in [3.63, 3.8) is 0 Å². The number of para-hydroxylation sites is 1. The highest BCUT2D eigenvalue weighted by Gasteiger charge is 2.42. The van der Waals surface area contributed by atoms with E-state index in [0.717, 1.165) is 57.4 Å². The maximum atomic E-state index is 12.3. The van der Waals surface area contributed by atoms with Crippen LogP contribution in [-0.4, -0.2) is 35.4 Å². The van der Waals surface area contributed by atoms with E-state index in [4.69, 9.17) is 0 Å². The number of carbonyl (C=O) groups excluding carboxylic acids is 1. The fourth-order valence-electron chi connectivity index (χ4n) is 4.08. The molecule has 1 aromatic carbocycles. The number of nitrogens with one attached hydrogen (secondary N) is 1. The molecule has 0 aliphatic carbocycles. The van der Waals surface area contributed by atoms with Gasteiger partial charge in [-0.15, -0.1) is 0 Å². The number of carbonyl (C=O) groups is 1. The number of hydrogen-bond acceptors (Lipinski definition) is 3. The number of pyridine rings is 1. The van der Waals surface area contributed by atoms with Crippen molar-refractivity contribution in [3.8, 4) is 0 Å². The summed E-state index contributed by atoms with van der Waals surface area (Å²) in [5.74, 6) is 0.287. The number of hydrogen-bond donors (Lipinski definition) is 1. The van der Waals surface area contributed by atoms with Gasteiger partial charge in [-0.05, 0) is 50.4 Å². The Morgan fingerprint density at radius 2 is 1.96 bits per heavy atom. The van der Waals surface area contributed by atoms with Gasteiger partial charge in [-0.25, -0.2) is 0 Å². The van der Waals surface area contributed by atoms with Crippen LogP contribution in [0.15, 0.2) is 36.5 Å². The normalized spacial score (nSPS) is 21.5. The third kappa shape index (κ3) is 2.72. The second kappa shape index (κ2) is 5.93. The SMILES string of the molecule is O=C1NCCCC12CCN(Cc1cccc3cccnc13)CC2. The summed E-state index contributed by atoms with van der Waals surface area (Å²) in [5.41, 5.74) is 2.30. The van der Waals surface area contributed by atoms with Gasteiger partial charge in [0.2, 0.25) is 5.91 Å². The number of nitrogens with zero attached hydrogens (tertiary/aromatic N) is 2. The molecule has 0 bridgehead atoms. The first kappa shape index (κ1) is 14.6. The standard InChI is InChI=1S/C19H23N3O/c23-18-19(7-3-11-21-18)8-12-22(13-9-19)14-16-5-1-4-15-6-2-10-20-17(15)16/h1-2,4-6,10H,3,7-9,11-14H2,(H,21,23). The Balaban J connectivity index is 1.48. The van der Waals surface area contributed by atoms with Crippen molar-refractivity contribution in [2.75, 3.05) is 19.6 Å². The van der Waals surface area contributed by atoms with Crippen LogP contribution in [-0.2, 0) is 11.3 Å². The van der Waals surface area contributed by atoms with Gasteiger partial charge in [-0.3, -0.25) is 14.7 Å². The minimum Gasteiger partial charge on any atom is -0.356 e. The van der Waals surface area contributed by atoms with Crippen molar-refractivity contribution in [1.82, 2.24) is 15.2 Å². The number of fused-ring (bicyclic) bond motifs is 1. The van der Waals surface area contributed by atoms with Gasteiger partial charge in [0.25, 0.3) is 0 Å². The second-order valence-corrected chi connectivity index (χ2v) is 6.91. The lowest BCUT2D eigenvalue weighted by atomic mass is 9.72. The van der Waals surface area contributed by atoms with Crippen molar-refractivity contribution in [1.29, 1.82) is 0 Å². The highest BCUT2D eigenvalue weighted by atomic mass is 16.2. The molecule has 120 valence electrons. The van der Waals surface area contributed by atoms with E-state index in [1.165, 1.54) is 10.9 Å². The van der Waals surface area contributed by atoms with E-state index in [-0.39, 0.29) is 11.3 Å². The number of rotatable bonds is 2. The maximum Gasteiger partial charge on any atom is 0.226 e. The average Bonchev–Trinajstić information content (AvgIpc) is 2.60. The number of benzene rings is 1. The highest BCUT2D eigenvalue weighted by Crippen LogP contribution is 2.38. The first-order valence-electron chi connectivity index (χ1n) is 8.60. The molecule has 23 heavy (non-hydrogen) atoms. The van der Waals surface area contributed by atoms with Crippen molar-refractivity contribution in [2.45, 2.75) is 32.2 Å². The molecule has 1 amide bonds. The quantitative estimate of drug-likeness (QED) is 0.928. The van der Waals surface area contributed by atoms with E-state index in [1.54, 1.807) is 0 Å². The summed E-state index contributed by atoms with van der Waals surface area (Å²) in [6, 6.07) is 10.5. The van der Waals surface area contributed by atoms with Crippen LogP contribution >= 0.6 is 0 Å². The lowest BCUT2D eigenvalue weighted by Gasteiger charge is -2.42. The summed E-state index contributed by atoms with van der Waals surface area (Å²) < 4.78 is 0. The Morgan fingerprint density at radius 3 is 2.78 bits per heavy atom. The third-order valence-corrected chi connectivity index (χ3v) is 5.52. The summed E-state index contributed by atoms with van der Waals surface area (Å²) >= 11 is 0. The molecule has 1 spiro atoms. The van der Waals surface area contributed by atoms with Gasteiger partial charge in [-0.2, -0.15) is 0 Å². The molecule has 2 aromatic rings. The molecular formula is C19H23N3O. The minimum atomic E-state index is -0.0915. The zero-order valence-electron chi connectivity index (χ0n) is 13.4. The van der Waals surface area contributed by atoms with Crippen molar-refractivity contribution >= 4 is 16.8 Å². The summed E-state index contributed by atoms with van der Waals surface area (Å²) in [7, 11) is 0. The molecule has 3 heterocycles. The molecule has 4 heteroatoms. The molecule has 4 rings (SSSR count). The predicted molar refractivity (Wildman–Crippen MR) is 90.9 cm³/mol. The van der Waals surface area contributed by atoms with E-state index in [9.17, 15) is 4.79 Å². The third-order valence-electron chi connectivity index (χ3n) is 5.52. The molecule has 2 aliphatic heterocycles. The molecule has 0 radical (unpaired) electrons. The van der Waals surface area contributed by atoms with Crippen molar-refractivity contribution < 1.29 is 4.79 Å². The van der Waals surface area contributed by atoms with Crippen LogP contribution in [0.3, 0.4) is 0 Å². The zero-order chi connectivity index (χ0) is 15.7. The van der Waals surface area contributed by atoms with E-state index < -0.39 is 0 Å². The lowest BCUT2D eigenvalue weighted by Crippen LogP contribution is -2.51. The Bertz CT molecular complexity index is 714. The molecule has 1 N–H and O–H groups in total. The van der Waals surface area contributed by atoms with E-state index >= 15 is 0 Å². The highest BCUT2D eigenvalue weighted by molar-refractivity contribution is 5.83. The van der Waals surface area contributed by atoms with Crippen molar-refractivity contribution in [2.24, 2.45) is 5.41 Å². The number of amides is 1. The number of piperidine rings is 2. The van der Waals surface area contributed by atoms with Crippen LogP contribution in [0.1, 0.15) is 31.2 Å². The van der Waals surface area contributed by atoms with Crippen molar-refractivity contribution in [3.05, 3.63) is 42.1 Å². The fourth-order valence-corrected chi connectivity index (χ4v) is 4.08. The molecule has 4 nitrogen and oxygen atoms in total. The Hall–Kier alpha value is -1.94. The summed E-state index contributed by atoms with van der Waals surface area (Å²) in [4.78, 5) is 19.3. The van der Waals surface area contributed by atoms with Crippen LogP contribution in [0.2, 0.25) is 0 Å². The lowest BCUT2D eigenvalue weighted by molar-refractivity contribution is -0.136. The Morgan fingerprint density at radius 1 is 1.13 bits per heavy atom. The predicted octanol–water partition coefficient (Wildman–Crippen LogP) is 2.73. The van der Waals surface area contributed by atoms with Crippen LogP contribution in [0.5, 0.6) is 0 Å². The van der Waals surface area contributed by atoms with Crippen LogP contribution in [0, 0.1) is 5.41 Å². The Kier molecular flexibility index (Phi) is 3.77. The average molecular weight is 309 g/mol. The second-order valence-electron chi connectivity index (χ2n) is 6.91. The van der Waals surface area contributed by atoms with Gasteiger partial charge in [0.1, 0.15) is 0 Å². The zero-order valence-corrected chi connectivity index (χ0v) is 13.4. The first-order valence-corrected chi connectivity index (χ1v) is 8.60. The molecule has 0 saturated carbocycles. The maximum absolute atomic E-state index is 12.3. The van der Waals surface area contributed by atoms with Gasteiger partial charge in [0.15, 0.2) is 0 Å². The monoisotopic (exact) mass is 309 g/mol. The van der Waals surface area contributed by atoms with E-state index in [2.05, 4.69) is 39.5 Å². The number of aromatic nitrogens is 1. The van der Waals surface area contributed by atoms with Gasteiger partial charge in [0, 0.05) is 24.7 Å². The summed E-state index contributed by atoms with van der Waals surface area (Å²) in [6.07, 6.45) is 6.01. The minimum absolute atomic E-state index is 0.0915. The Labute approximate surface area is 136 Å². The van der Waals surface area contributed by atoms with Crippen LogP contribution in [0.25, 0.3) is 10.9 Å². The topological polar surface area (TPSA) is 45.2 Å². The van der Waals surface area contributed by atoms with Gasteiger partial charge in [0.05, 0.1) is 10.9 Å². The van der Waals surface area contributed by atoms with E-state index in [1.807, 2.05) is 12.3 Å². The van der Waals surface area contributed by atoms with Gasteiger partial charge >= 0.3 is 0 Å². The first-order chi connectivity index (χ1) is 11.3. The molecule has 2 saturated heterocycles. The molecular weight excluding hydrogens is 286 g/mol. The molecule has 0 unspecified atom stereocenters. The molecule has 2 aliphatic rings. The summed E-state index contributed by atoms with van der Waals surface area (Å²) in [5, 5.41) is 4.26. The van der Waals surface area contributed by atoms with Crippen LogP contribution < -0.4 is 5.32 Å². The van der Waals surface area contributed by atoms with Gasteiger partial charge < -0.3 is 5.32 Å². The smallest absolute Gasteiger partial charge is 0.226 e. The van der Waals surface area contributed by atoms with Gasteiger partial charge in [-0.1, -0.05) is 24.3 Å². The largest absolute Gasteiger partial charge is 0.356 e. The number of likely N-dealkylation sites (tertiary alicyclic amines) is 1. The molecule has 2 fully saturated rings. The summed E-state index contributed by atoms with van der Waals surface area (Å²) in [6.45, 7) is 3.77. The van der Waals surface area contributed by atoms with E-state index in [0.29, 0.717) is 0 Å². The molecule has 1 aromatic heterocycles. The fraction of sp³-hybridized carbons (Fsp3) is 0.474.